The van der Waals surface area contributed by atoms with Gasteiger partial charge in [0, 0.05) is 0 Å². The second-order valence-electron chi connectivity index (χ2n) is 3.72. The van der Waals surface area contributed by atoms with Crippen molar-refractivity contribution in [3.63, 3.8) is 0 Å². The number of hydrogen-bond acceptors (Lipinski definition) is 1. The third-order valence-electron chi connectivity index (χ3n) is 2.98. The lowest BCUT2D eigenvalue weighted by Crippen LogP contribution is -2.27. The van der Waals surface area contributed by atoms with Gasteiger partial charge in [0.25, 0.3) is 0 Å². The summed E-state index contributed by atoms with van der Waals surface area (Å²) in [4.78, 5) is 0. The molecule has 15 heavy (non-hydrogen) atoms. The Morgan fingerprint density at radius 2 is 1.80 bits per heavy atom. The summed E-state index contributed by atoms with van der Waals surface area (Å²) in [5, 5.41) is 0. The maximum atomic E-state index is 5.71. The maximum Gasteiger partial charge on any atom is 0.147 e. The van der Waals surface area contributed by atoms with Crippen LogP contribution in [-0.4, -0.2) is 16.1 Å². The van der Waals surface area contributed by atoms with Gasteiger partial charge in [-0.25, -0.2) is 0 Å². The monoisotopic (exact) mass is 220 g/mol. The lowest BCUT2D eigenvalue weighted by atomic mass is 9.96. The quantitative estimate of drug-likeness (QED) is 0.693. The molecule has 0 saturated carbocycles. The molecule has 1 nitrogen and oxygen atoms in total. The third kappa shape index (κ3) is 3.32. The molecule has 0 aromatic heterocycles. The highest BCUT2D eigenvalue weighted by molar-refractivity contribution is 5.98. The summed E-state index contributed by atoms with van der Waals surface area (Å²) in [6, 6.07) is 10.4. The molecule has 0 aliphatic heterocycles. The highest BCUT2D eigenvalue weighted by atomic mass is 28.2. The summed E-state index contributed by atoms with van der Waals surface area (Å²) in [5.41, 5.74) is 1.20. The van der Waals surface area contributed by atoms with E-state index in [2.05, 4.69) is 50.3 Å². The standard InChI is InChI=1S/C13H20OSi/c1-3-13(4-2,14-15)11-10-12-8-6-5-7-9-12/h5-11H,3-4H2,1-2,15H3. The van der Waals surface area contributed by atoms with Crippen LogP contribution in [0.5, 0.6) is 0 Å². The van der Waals surface area contributed by atoms with Gasteiger partial charge in [-0.3, -0.25) is 0 Å². The zero-order valence-electron chi connectivity index (χ0n) is 9.86. The van der Waals surface area contributed by atoms with E-state index in [-0.39, 0.29) is 5.60 Å². The Hall–Kier alpha value is -0.863. The van der Waals surface area contributed by atoms with Crippen LogP contribution in [0.3, 0.4) is 0 Å². The first-order valence-electron chi connectivity index (χ1n) is 5.56. The minimum atomic E-state index is -0.0396. The fourth-order valence-corrected chi connectivity index (χ4v) is 2.37. The molecule has 1 aromatic carbocycles. The SMILES string of the molecule is CCC(C=Cc1ccccc1)(CC)O[SiH3]. The molecule has 0 heterocycles. The zero-order chi connectivity index (χ0) is 11.1. The lowest BCUT2D eigenvalue weighted by Gasteiger charge is -2.27. The van der Waals surface area contributed by atoms with Crippen LogP contribution in [0.4, 0.5) is 0 Å². The van der Waals surface area contributed by atoms with Crippen molar-refractivity contribution in [1.82, 2.24) is 0 Å². The van der Waals surface area contributed by atoms with Crippen LogP contribution < -0.4 is 0 Å². The van der Waals surface area contributed by atoms with E-state index in [1.165, 1.54) is 5.56 Å². The van der Waals surface area contributed by atoms with Gasteiger partial charge in [-0.1, -0.05) is 56.3 Å². The van der Waals surface area contributed by atoms with Crippen molar-refractivity contribution in [3.8, 4) is 0 Å². The second-order valence-corrected chi connectivity index (χ2v) is 4.13. The van der Waals surface area contributed by atoms with Gasteiger partial charge < -0.3 is 4.43 Å². The molecule has 0 bridgehead atoms. The van der Waals surface area contributed by atoms with E-state index in [4.69, 9.17) is 4.43 Å². The zero-order valence-corrected chi connectivity index (χ0v) is 11.9. The molecule has 1 rings (SSSR count). The summed E-state index contributed by atoms with van der Waals surface area (Å²) in [5.74, 6) is 0. The molecule has 0 unspecified atom stereocenters. The Bertz CT molecular complexity index is 293. The Labute approximate surface area is 95.7 Å². The number of benzene rings is 1. The van der Waals surface area contributed by atoms with Crippen LogP contribution in [0, 0.1) is 0 Å². The molecule has 0 N–H and O–H groups in total. The molecule has 0 fully saturated rings. The fourth-order valence-electron chi connectivity index (χ4n) is 1.65. The van der Waals surface area contributed by atoms with Crippen molar-refractivity contribution in [1.29, 1.82) is 0 Å². The summed E-state index contributed by atoms with van der Waals surface area (Å²) >= 11 is 0. The van der Waals surface area contributed by atoms with Crippen molar-refractivity contribution in [3.05, 3.63) is 42.0 Å². The molecule has 0 amide bonds. The topological polar surface area (TPSA) is 9.23 Å². The van der Waals surface area contributed by atoms with Crippen molar-refractivity contribution in [2.75, 3.05) is 0 Å². The first kappa shape index (κ1) is 12.2. The average Bonchev–Trinajstić information content (AvgIpc) is 2.33. The normalized spacial score (nSPS) is 12.4. The minimum Gasteiger partial charge on any atom is -0.419 e. The summed E-state index contributed by atoms with van der Waals surface area (Å²) in [6.07, 6.45) is 6.44. The Balaban J connectivity index is 2.79. The first-order valence-corrected chi connectivity index (χ1v) is 6.37. The molecule has 0 saturated heterocycles. The molecule has 0 aliphatic carbocycles. The van der Waals surface area contributed by atoms with E-state index in [1.54, 1.807) is 0 Å². The van der Waals surface area contributed by atoms with Gasteiger partial charge in [-0.05, 0) is 18.4 Å². The average molecular weight is 220 g/mol. The van der Waals surface area contributed by atoms with E-state index >= 15 is 0 Å². The Kier molecular flexibility index (Phi) is 4.79. The van der Waals surface area contributed by atoms with Crippen LogP contribution in [-0.2, 0) is 4.43 Å². The van der Waals surface area contributed by atoms with Gasteiger partial charge in [-0.2, -0.15) is 0 Å². The van der Waals surface area contributed by atoms with E-state index < -0.39 is 0 Å². The van der Waals surface area contributed by atoms with E-state index in [0.717, 1.165) is 23.3 Å². The van der Waals surface area contributed by atoms with Crippen molar-refractivity contribution < 1.29 is 4.43 Å². The molecule has 0 radical (unpaired) electrons. The van der Waals surface area contributed by atoms with Crippen LogP contribution >= 0.6 is 0 Å². The molecule has 82 valence electrons. The largest absolute Gasteiger partial charge is 0.419 e. The predicted molar refractivity (Wildman–Crippen MR) is 69.8 cm³/mol. The summed E-state index contributed by atoms with van der Waals surface area (Å²) < 4.78 is 5.71. The molecule has 0 atom stereocenters. The fraction of sp³-hybridized carbons (Fsp3) is 0.385. The molecule has 1 aromatic rings. The minimum absolute atomic E-state index is 0.0396. The van der Waals surface area contributed by atoms with Crippen molar-refractivity contribution in [2.24, 2.45) is 0 Å². The summed E-state index contributed by atoms with van der Waals surface area (Å²) in [7, 11) is 0.791. The number of rotatable bonds is 5. The van der Waals surface area contributed by atoms with E-state index in [9.17, 15) is 0 Å². The molecule has 2 heteroatoms. The van der Waals surface area contributed by atoms with Crippen LogP contribution in [0.25, 0.3) is 6.08 Å². The van der Waals surface area contributed by atoms with Crippen molar-refractivity contribution >= 4 is 16.6 Å². The van der Waals surface area contributed by atoms with Crippen LogP contribution in [0.1, 0.15) is 32.3 Å². The molecule has 0 aliphatic rings. The molecular formula is C13H20OSi. The Morgan fingerprint density at radius 1 is 1.20 bits per heavy atom. The van der Waals surface area contributed by atoms with Gasteiger partial charge in [0.2, 0.25) is 0 Å². The maximum absolute atomic E-state index is 5.71. The van der Waals surface area contributed by atoms with Crippen LogP contribution in [0.2, 0.25) is 0 Å². The highest BCUT2D eigenvalue weighted by Crippen LogP contribution is 2.22. The van der Waals surface area contributed by atoms with E-state index in [1.807, 2.05) is 6.07 Å². The molecular weight excluding hydrogens is 200 g/mol. The Morgan fingerprint density at radius 3 is 2.27 bits per heavy atom. The lowest BCUT2D eigenvalue weighted by molar-refractivity contribution is 0.126. The van der Waals surface area contributed by atoms with Gasteiger partial charge >= 0.3 is 0 Å². The predicted octanol–water partition coefficient (Wildman–Crippen LogP) is 2.56. The third-order valence-corrected chi connectivity index (χ3v) is 3.80. The highest BCUT2D eigenvalue weighted by Gasteiger charge is 2.20. The molecule has 0 spiro atoms. The van der Waals surface area contributed by atoms with Gasteiger partial charge in [-0.15, -0.1) is 0 Å². The summed E-state index contributed by atoms with van der Waals surface area (Å²) in [6.45, 7) is 4.35. The van der Waals surface area contributed by atoms with Gasteiger partial charge in [0.05, 0.1) is 5.60 Å². The number of hydrogen-bond donors (Lipinski definition) is 0. The van der Waals surface area contributed by atoms with E-state index in [0.29, 0.717) is 0 Å². The smallest absolute Gasteiger partial charge is 0.147 e. The van der Waals surface area contributed by atoms with Crippen molar-refractivity contribution in [2.45, 2.75) is 32.3 Å². The van der Waals surface area contributed by atoms with Gasteiger partial charge in [0.1, 0.15) is 10.5 Å². The van der Waals surface area contributed by atoms with Gasteiger partial charge in [0.15, 0.2) is 0 Å². The van der Waals surface area contributed by atoms with Crippen LogP contribution in [0.15, 0.2) is 36.4 Å². The second kappa shape index (κ2) is 5.88. The first-order chi connectivity index (χ1) is 7.26.